The van der Waals surface area contributed by atoms with E-state index in [4.69, 9.17) is 0 Å². The summed E-state index contributed by atoms with van der Waals surface area (Å²) in [5.41, 5.74) is -0.732. The SMILES string of the molecule is Cc1cc(Nc2nccc(C(F)(F)F)n2)cc(-c2cnc([C@@]3(O)CCC(C(=O)O)C(C)(C)C3)s2)c1. The number of carbonyl (C=O) groups is 1. The quantitative estimate of drug-likeness (QED) is 0.403. The molecule has 2 heterocycles. The third-order valence-corrected chi connectivity index (χ3v) is 7.54. The average Bonchev–Trinajstić information content (AvgIpc) is 3.23. The summed E-state index contributed by atoms with van der Waals surface area (Å²) < 4.78 is 38.9. The molecule has 0 amide bonds. The number of aromatic nitrogens is 3. The third-order valence-electron chi connectivity index (χ3n) is 6.30. The fraction of sp³-hybridized carbons (Fsp3) is 0.417. The van der Waals surface area contributed by atoms with Crippen LogP contribution in [0.25, 0.3) is 10.4 Å². The molecule has 1 aliphatic carbocycles. The van der Waals surface area contributed by atoms with E-state index in [1.807, 2.05) is 26.8 Å². The Morgan fingerprint density at radius 2 is 1.97 bits per heavy atom. The lowest BCUT2D eigenvalue weighted by molar-refractivity contribution is -0.154. The zero-order valence-electron chi connectivity index (χ0n) is 19.3. The number of alkyl halides is 3. The van der Waals surface area contributed by atoms with Gasteiger partial charge < -0.3 is 15.5 Å². The molecule has 0 radical (unpaired) electrons. The lowest BCUT2D eigenvalue weighted by Crippen LogP contribution is -2.44. The van der Waals surface area contributed by atoms with Crippen molar-refractivity contribution in [2.24, 2.45) is 11.3 Å². The zero-order valence-corrected chi connectivity index (χ0v) is 20.2. The maximum atomic E-state index is 13.0. The Balaban J connectivity index is 1.59. The van der Waals surface area contributed by atoms with Crippen LogP contribution in [0.1, 0.15) is 49.4 Å². The smallest absolute Gasteiger partial charge is 0.433 e. The number of carboxylic acids is 1. The molecule has 0 spiro atoms. The van der Waals surface area contributed by atoms with Crippen molar-refractivity contribution < 1.29 is 28.2 Å². The molecule has 1 aliphatic rings. The van der Waals surface area contributed by atoms with Gasteiger partial charge in [-0.25, -0.2) is 15.0 Å². The molecule has 3 aromatic rings. The normalized spacial score (nSPS) is 22.1. The largest absolute Gasteiger partial charge is 0.481 e. The minimum Gasteiger partial charge on any atom is -0.481 e. The lowest BCUT2D eigenvalue weighted by Gasteiger charge is -2.44. The van der Waals surface area contributed by atoms with Gasteiger partial charge in [-0.05, 0) is 60.9 Å². The highest BCUT2D eigenvalue weighted by molar-refractivity contribution is 7.15. The molecule has 35 heavy (non-hydrogen) atoms. The summed E-state index contributed by atoms with van der Waals surface area (Å²) in [6, 6.07) is 6.23. The van der Waals surface area contributed by atoms with E-state index in [0.717, 1.165) is 28.3 Å². The van der Waals surface area contributed by atoms with Gasteiger partial charge in [0.05, 0.1) is 10.8 Å². The molecule has 0 saturated heterocycles. The van der Waals surface area contributed by atoms with E-state index in [-0.39, 0.29) is 12.4 Å². The van der Waals surface area contributed by atoms with Crippen LogP contribution >= 0.6 is 11.3 Å². The van der Waals surface area contributed by atoms with Crippen molar-refractivity contribution in [1.29, 1.82) is 0 Å². The Labute approximate surface area is 204 Å². The van der Waals surface area contributed by atoms with E-state index in [9.17, 15) is 28.2 Å². The summed E-state index contributed by atoms with van der Waals surface area (Å²) in [5.74, 6) is -1.57. The number of thiazole rings is 1. The van der Waals surface area contributed by atoms with Crippen molar-refractivity contribution in [3.8, 4) is 10.4 Å². The predicted molar refractivity (Wildman–Crippen MR) is 125 cm³/mol. The number of hydrogen-bond donors (Lipinski definition) is 3. The Morgan fingerprint density at radius 3 is 2.63 bits per heavy atom. The van der Waals surface area contributed by atoms with Gasteiger partial charge in [0.2, 0.25) is 5.95 Å². The van der Waals surface area contributed by atoms with E-state index in [2.05, 4.69) is 20.3 Å². The summed E-state index contributed by atoms with van der Waals surface area (Å²) in [7, 11) is 0. The molecule has 11 heteroatoms. The molecular formula is C24H25F3N4O3S. The zero-order chi connectivity index (χ0) is 25.6. The predicted octanol–water partition coefficient (Wildman–Crippen LogP) is 5.77. The van der Waals surface area contributed by atoms with Gasteiger partial charge in [-0.2, -0.15) is 13.2 Å². The molecule has 0 bridgehead atoms. The first-order valence-corrected chi connectivity index (χ1v) is 11.8. The summed E-state index contributed by atoms with van der Waals surface area (Å²) in [6.07, 6.45) is -0.956. The second kappa shape index (κ2) is 8.87. The first-order valence-electron chi connectivity index (χ1n) is 11.0. The van der Waals surface area contributed by atoms with Gasteiger partial charge in [-0.1, -0.05) is 19.9 Å². The van der Waals surface area contributed by atoms with Crippen LogP contribution in [0.2, 0.25) is 0 Å². The number of nitrogens with zero attached hydrogens (tertiary/aromatic N) is 3. The van der Waals surface area contributed by atoms with Crippen LogP contribution in [-0.2, 0) is 16.6 Å². The number of benzene rings is 1. The van der Waals surface area contributed by atoms with Crippen molar-refractivity contribution >= 4 is 28.9 Å². The number of aliphatic hydroxyl groups is 1. The van der Waals surface area contributed by atoms with Crippen molar-refractivity contribution in [3.63, 3.8) is 0 Å². The molecule has 1 unspecified atom stereocenters. The molecule has 2 atom stereocenters. The lowest BCUT2D eigenvalue weighted by atomic mass is 9.63. The molecule has 2 aromatic heterocycles. The van der Waals surface area contributed by atoms with Gasteiger partial charge in [0.1, 0.15) is 16.3 Å². The maximum absolute atomic E-state index is 13.0. The monoisotopic (exact) mass is 506 g/mol. The number of anilines is 2. The summed E-state index contributed by atoms with van der Waals surface area (Å²) in [4.78, 5) is 24.3. The van der Waals surface area contributed by atoms with Gasteiger partial charge in [0.15, 0.2) is 0 Å². The standard InChI is InChI=1S/C24H25F3N4O3S/c1-13-8-14(10-15(9-13)30-21-28-7-5-18(31-21)24(25,26)27)17-11-29-20(35-17)23(34)6-4-16(19(32)33)22(2,3)12-23/h5,7-11,16,34H,4,6,12H2,1-3H3,(H,32,33)(H,28,30,31)/t16?,23-/m1/s1. The van der Waals surface area contributed by atoms with Crippen LogP contribution in [-0.4, -0.2) is 31.1 Å². The van der Waals surface area contributed by atoms with Crippen molar-refractivity contribution in [2.45, 2.75) is 51.8 Å². The topological polar surface area (TPSA) is 108 Å². The first-order chi connectivity index (χ1) is 16.3. The number of hydrogen-bond acceptors (Lipinski definition) is 7. The fourth-order valence-corrected chi connectivity index (χ4v) is 5.72. The van der Waals surface area contributed by atoms with Crippen molar-refractivity contribution in [2.75, 3.05) is 5.32 Å². The number of aliphatic carboxylic acids is 1. The molecule has 4 rings (SSSR count). The first kappa shape index (κ1) is 25.1. The highest BCUT2D eigenvalue weighted by atomic mass is 32.1. The number of nitrogens with one attached hydrogen (secondary N) is 1. The highest BCUT2D eigenvalue weighted by Crippen LogP contribution is 2.51. The molecule has 0 aliphatic heterocycles. The molecule has 1 saturated carbocycles. The average molecular weight is 507 g/mol. The van der Waals surface area contributed by atoms with Gasteiger partial charge in [-0.15, -0.1) is 11.3 Å². The van der Waals surface area contributed by atoms with Crippen molar-refractivity contribution in [1.82, 2.24) is 15.0 Å². The number of halogens is 3. The summed E-state index contributed by atoms with van der Waals surface area (Å²) in [5, 5.41) is 24.2. The van der Waals surface area contributed by atoms with Gasteiger partial charge in [0.25, 0.3) is 0 Å². The van der Waals surface area contributed by atoms with E-state index in [0.29, 0.717) is 23.5 Å². The molecule has 186 valence electrons. The molecular weight excluding hydrogens is 481 g/mol. The van der Waals surface area contributed by atoms with E-state index >= 15 is 0 Å². The van der Waals surface area contributed by atoms with Crippen LogP contribution in [0.3, 0.4) is 0 Å². The third kappa shape index (κ3) is 5.30. The van der Waals surface area contributed by atoms with Gasteiger partial charge >= 0.3 is 12.1 Å². The molecule has 7 nitrogen and oxygen atoms in total. The van der Waals surface area contributed by atoms with E-state index in [1.54, 1.807) is 18.3 Å². The summed E-state index contributed by atoms with van der Waals surface area (Å²) in [6.45, 7) is 5.55. The molecule has 1 aromatic carbocycles. The second-order valence-corrected chi connectivity index (χ2v) is 10.7. The van der Waals surface area contributed by atoms with Crippen LogP contribution in [0, 0.1) is 18.3 Å². The number of rotatable bonds is 5. The molecule has 3 N–H and O–H groups in total. The van der Waals surface area contributed by atoms with Crippen LogP contribution < -0.4 is 5.32 Å². The number of aryl methyl sites for hydroxylation is 1. The summed E-state index contributed by atoms with van der Waals surface area (Å²) >= 11 is 1.31. The Morgan fingerprint density at radius 1 is 1.23 bits per heavy atom. The fourth-order valence-electron chi connectivity index (χ4n) is 4.71. The Hall–Kier alpha value is -3.05. The Bertz CT molecular complexity index is 1260. The van der Waals surface area contributed by atoms with Crippen LogP contribution in [0.4, 0.5) is 24.8 Å². The van der Waals surface area contributed by atoms with Gasteiger partial charge in [0, 0.05) is 18.1 Å². The van der Waals surface area contributed by atoms with E-state index in [1.165, 1.54) is 11.3 Å². The minimum absolute atomic E-state index is 0.173. The second-order valence-electron chi connectivity index (χ2n) is 9.63. The van der Waals surface area contributed by atoms with Crippen LogP contribution in [0.5, 0.6) is 0 Å². The van der Waals surface area contributed by atoms with Gasteiger partial charge in [-0.3, -0.25) is 4.79 Å². The minimum atomic E-state index is -4.57. The van der Waals surface area contributed by atoms with Crippen molar-refractivity contribution in [3.05, 3.63) is 52.9 Å². The van der Waals surface area contributed by atoms with E-state index < -0.39 is 34.8 Å². The maximum Gasteiger partial charge on any atom is 0.433 e. The number of carboxylic acid groups (broad SMARTS) is 1. The van der Waals surface area contributed by atoms with Crippen LogP contribution in [0.15, 0.2) is 36.7 Å². The Kier molecular flexibility index (Phi) is 6.35. The molecule has 1 fully saturated rings. The highest BCUT2D eigenvalue weighted by Gasteiger charge is 2.49.